The van der Waals surface area contributed by atoms with Crippen LogP contribution in [0.2, 0.25) is 0 Å². The fourth-order valence-corrected chi connectivity index (χ4v) is 1.78. The molecule has 0 radical (unpaired) electrons. The van der Waals surface area contributed by atoms with Gasteiger partial charge in [0.15, 0.2) is 5.84 Å². The van der Waals surface area contributed by atoms with Crippen LogP contribution in [0.4, 0.5) is 4.39 Å². The molecule has 110 valence electrons. The Morgan fingerprint density at radius 2 is 2.25 bits per heavy atom. The summed E-state index contributed by atoms with van der Waals surface area (Å²) in [6, 6.07) is 5.62. The van der Waals surface area contributed by atoms with E-state index >= 15 is 0 Å². The van der Waals surface area contributed by atoms with E-state index in [4.69, 9.17) is 10.9 Å². The standard InChI is InChI=1S/C14H20FN3O2/c1-4-14(3,12(16)18-20)13(19)17-9(2)10-6-5-7-11(15)8-10/h5-9,20H,4H2,1-3H3,(H2,16,18)(H,17,19). The van der Waals surface area contributed by atoms with Crippen molar-refractivity contribution in [1.82, 2.24) is 5.32 Å². The van der Waals surface area contributed by atoms with Gasteiger partial charge in [0.2, 0.25) is 5.91 Å². The highest BCUT2D eigenvalue weighted by atomic mass is 19.1. The summed E-state index contributed by atoms with van der Waals surface area (Å²) >= 11 is 0. The molecule has 0 bridgehead atoms. The number of hydrogen-bond acceptors (Lipinski definition) is 3. The van der Waals surface area contributed by atoms with E-state index in [1.54, 1.807) is 32.9 Å². The highest BCUT2D eigenvalue weighted by Crippen LogP contribution is 2.23. The topological polar surface area (TPSA) is 87.7 Å². The number of benzene rings is 1. The highest BCUT2D eigenvalue weighted by molar-refractivity contribution is 6.06. The lowest BCUT2D eigenvalue weighted by Crippen LogP contribution is -2.48. The first-order chi connectivity index (χ1) is 9.35. The zero-order valence-electron chi connectivity index (χ0n) is 11.9. The molecule has 4 N–H and O–H groups in total. The molecule has 0 aromatic heterocycles. The zero-order chi connectivity index (χ0) is 15.3. The minimum atomic E-state index is -1.10. The number of halogens is 1. The molecule has 2 atom stereocenters. The van der Waals surface area contributed by atoms with E-state index < -0.39 is 5.41 Å². The highest BCUT2D eigenvalue weighted by Gasteiger charge is 2.37. The van der Waals surface area contributed by atoms with Gasteiger partial charge in [-0.25, -0.2) is 4.39 Å². The summed E-state index contributed by atoms with van der Waals surface area (Å²) < 4.78 is 13.2. The molecule has 0 saturated heterocycles. The number of nitrogens with two attached hydrogens (primary N) is 1. The van der Waals surface area contributed by atoms with Crippen molar-refractivity contribution in [3.8, 4) is 0 Å². The van der Waals surface area contributed by atoms with E-state index in [-0.39, 0.29) is 23.6 Å². The van der Waals surface area contributed by atoms with Crippen molar-refractivity contribution in [3.05, 3.63) is 35.6 Å². The number of nitrogens with zero attached hydrogens (tertiary/aromatic N) is 1. The minimum absolute atomic E-state index is 0.149. The zero-order valence-corrected chi connectivity index (χ0v) is 11.9. The number of oxime groups is 1. The third kappa shape index (κ3) is 3.26. The maximum absolute atomic E-state index is 13.2. The number of nitrogens with one attached hydrogen (secondary N) is 1. The molecule has 2 unspecified atom stereocenters. The van der Waals surface area contributed by atoms with Crippen molar-refractivity contribution in [2.45, 2.75) is 33.2 Å². The maximum Gasteiger partial charge on any atom is 0.234 e. The molecule has 1 aromatic rings. The predicted molar refractivity (Wildman–Crippen MR) is 74.8 cm³/mol. The quantitative estimate of drug-likeness (QED) is 0.334. The molecule has 20 heavy (non-hydrogen) atoms. The molecule has 0 spiro atoms. The number of carbonyl (C=O) groups is 1. The lowest BCUT2D eigenvalue weighted by molar-refractivity contribution is -0.127. The molecule has 0 fully saturated rings. The Labute approximate surface area is 117 Å². The lowest BCUT2D eigenvalue weighted by atomic mass is 9.84. The van der Waals surface area contributed by atoms with Crippen LogP contribution in [0, 0.1) is 11.2 Å². The second-order valence-corrected chi connectivity index (χ2v) is 4.92. The SMILES string of the molecule is CCC(C)(C(=O)NC(C)c1cccc(F)c1)/C(N)=N/O. The van der Waals surface area contributed by atoms with E-state index in [1.165, 1.54) is 12.1 Å². The van der Waals surface area contributed by atoms with Crippen LogP contribution >= 0.6 is 0 Å². The lowest BCUT2D eigenvalue weighted by Gasteiger charge is -2.27. The van der Waals surface area contributed by atoms with Crippen LogP contribution in [0.25, 0.3) is 0 Å². The summed E-state index contributed by atoms with van der Waals surface area (Å²) in [7, 11) is 0. The predicted octanol–water partition coefficient (Wildman–Crippen LogP) is 2.17. The molecule has 0 saturated carbocycles. The van der Waals surface area contributed by atoms with Gasteiger partial charge in [0.25, 0.3) is 0 Å². The summed E-state index contributed by atoms with van der Waals surface area (Å²) in [5.41, 5.74) is 5.13. The van der Waals surface area contributed by atoms with Gasteiger partial charge in [-0.2, -0.15) is 0 Å². The third-order valence-electron chi connectivity index (χ3n) is 3.58. The van der Waals surface area contributed by atoms with Gasteiger partial charge in [0.1, 0.15) is 11.2 Å². The molecule has 0 aliphatic carbocycles. The van der Waals surface area contributed by atoms with Crippen molar-refractivity contribution >= 4 is 11.7 Å². The van der Waals surface area contributed by atoms with Gasteiger partial charge in [-0.1, -0.05) is 24.2 Å². The average Bonchev–Trinajstić information content (AvgIpc) is 2.45. The van der Waals surface area contributed by atoms with E-state index in [0.717, 1.165) is 0 Å². The van der Waals surface area contributed by atoms with Crippen LogP contribution in [0.3, 0.4) is 0 Å². The van der Waals surface area contributed by atoms with Crippen LogP contribution in [-0.2, 0) is 4.79 Å². The summed E-state index contributed by atoms with van der Waals surface area (Å²) in [6.45, 7) is 5.11. The average molecular weight is 281 g/mol. The third-order valence-corrected chi connectivity index (χ3v) is 3.58. The molecule has 6 heteroatoms. The first-order valence-electron chi connectivity index (χ1n) is 6.39. The van der Waals surface area contributed by atoms with Crippen LogP contribution in [0.5, 0.6) is 0 Å². The van der Waals surface area contributed by atoms with Gasteiger partial charge in [-0.05, 0) is 38.0 Å². The van der Waals surface area contributed by atoms with Crippen LogP contribution in [0.1, 0.15) is 38.8 Å². The van der Waals surface area contributed by atoms with Crippen LogP contribution < -0.4 is 11.1 Å². The van der Waals surface area contributed by atoms with Gasteiger partial charge >= 0.3 is 0 Å². The van der Waals surface area contributed by atoms with Gasteiger partial charge in [0.05, 0.1) is 6.04 Å². The number of amidine groups is 1. The van der Waals surface area contributed by atoms with Gasteiger partial charge < -0.3 is 16.3 Å². The van der Waals surface area contributed by atoms with Crippen molar-refractivity contribution in [3.63, 3.8) is 0 Å². The second-order valence-electron chi connectivity index (χ2n) is 4.92. The number of amides is 1. The van der Waals surface area contributed by atoms with Gasteiger partial charge in [-0.3, -0.25) is 4.79 Å². The van der Waals surface area contributed by atoms with Crippen molar-refractivity contribution < 1.29 is 14.4 Å². The number of hydrogen-bond donors (Lipinski definition) is 3. The van der Waals surface area contributed by atoms with Crippen LogP contribution in [0.15, 0.2) is 29.4 Å². The second kappa shape index (κ2) is 6.36. The summed E-state index contributed by atoms with van der Waals surface area (Å²) in [4.78, 5) is 12.3. The van der Waals surface area contributed by atoms with Gasteiger partial charge in [0, 0.05) is 0 Å². The molecule has 5 nitrogen and oxygen atoms in total. The largest absolute Gasteiger partial charge is 0.409 e. The molecule has 1 amide bonds. The van der Waals surface area contributed by atoms with Crippen molar-refractivity contribution in [1.29, 1.82) is 0 Å². The van der Waals surface area contributed by atoms with Crippen molar-refractivity contribution in [2.24, 2.45) is 16.3 Å². The normalized spacial score (nSPS) is 16.3. The Morgan fingerprint density at radius 1 is 1.60 bits per heavy atom. The Bertz CT molecular complexity index is 519. The fraction of sp³-hybridized carbons (Fsp3) is 0.429. The Kier molecular flexibility index (Phi) is 5.07. The first-order valence-corrected chi connectivity index (χ1v) is 6.39. The molecule has 1 aromatic carbocycles. The van der Waals surface area contributed by atoms with E-state index in [2.05, 4.69) is 10.5 Å². The Morgan fingerprint density at radius 3 is 2.75 bits per heavy atom. The van der Waals surface area contributed by atoms with E-state index in [0.29, 0.717) is 12.0 Å². The van der Waals surface area contributed by atoms with E-state index in [1.807, 2.05) is 0 Å². The molecular weight excluding hydrogens is 261 g/mol. The van der Waals surface area contributed by atoms with E-state index in [9.17, 15) is 9.18 Å². The molecule has 0 heterocycles. The number of rotatable bonds is 5. The smallest absolute Gasteiger partial charge is 0.234 e. The molecule has 0 aliphatic heterocycles. The Balaban J connectivity index is 2.89. The first kappa shape index (κ1) is 15.9. The van der Waals surface area contributed by atoms with Gasteiger partial charge in [-0.15, -0.1) is 0 Å². The molecular formula is C14H20FN3O2. The number of carbonyl (C=O) groups excluding carboxylic acids is 1. The van der Waals surface area contributed by atoms with Crippen LogP contribution in [-0.4, -0.2) is 17.0 Å². The summed E-state index contributed by atoms with van der Waals surface area (Å²) in [6.07, 6.45) is 0.380. The molecule has 0 aliphatic rings. The van der Waals surface area contributed by atoms with Crippen molar-refractivity contribution in [2.75, 3.05) is 0 Å². The maximum atomic E-state index is 13.2. The minimum Gasteiger partial charge on any atom is -0.409 e. The summed E-state index contributed by atoms with van der Waals surface area (Å²) in [5.74, 6) is -0.880. The molecule has 1 rings (SSSR count). The monoisotopic (exact) mass is 281 g/mol. The summed E-state index contributed by atoms with van der Waals surface area (Å²) in [5, 5.41) is 14.4. The Hall–Kier alpha value is -2.11. The fourth-order valence-electron chi connectivity index (χ4n) is 1.78.